The second kappa shape index (κ2) is 9.27. The van der Waals surface area contributed by atoms with E-state index in [1.165, 1.54) is 48.5 Å². The number of carbonyl (C=O) groups excluding carboxylic acids is 1. The van der Waals surface area contributed by atoms with Crippen molar-refractivity contribution in [1.82, 2.24) is 0 Å². The summed E-state index contributed by atoms with van der Waals surface area (Å²) < 4.78 is 47.8. The molecule has 9 heteroatoms. The number of hydrogen-bond acceptors (Lipinski definition) is 4. The lowest BCUT2D eigenvalue weighted by Crippen LogP contribution is -2.15. The molecule has 30 heavy (non-hydrogen) atoms. The lowest BCUT2D eigenvalue weighted by molar-refractivity contribution is 0.102. The largest absolute Gasteiger partial charge is 0.492 e. The molecule has 0 aliphatic heterocycles. The van der Waals surface area contributed by atoms with Gasteiger partial charge in [0.25, 0.3) is 15.9 Å². The van der Waals surface area contributed by atoms with Crippen LogP contribution in [0.2, 0.25) is 0 Å². The molecule has 0 aliphatic carbocycles. The number of benzene rings is 3. The van der Waals surface area contributed by atoms with Gasteiger partial charge in [-0.25, -0.2) is 12.8 Å². The molecule has 3 rings (SSSR count). The van der Waals surface area contributed by atoms with E-state index in [9.17, 15) is 17.6 Å². The molecule has 0 heterocycles. The van der Waals surface area contributed by atoms with Gasteiger partial charge in [0.15, 0.2) is 0 Å². The normalized spacial score (nSPS) is 11.0. The molecule has 0 atom stereocenters. The molecule has 156 valence electrons. The molecule has 3 aromatic carbocycles. The SMILES string of the molecule is CCOc1ccc(Br)cc1S(=O)(=O)Nc1ccc(C(=O)Nc2ccccc2F)cc1. The smallest absolute Gasteiger partial charge is 0.265 e. The summed E-state index contributed by atoms with van der Waals surface area (Å²) in [5.41, 5.74) is 0.573. The van der Waals surface area contributed by atoms with Gasteiger partial charge < -0.3 is 10.1 Å². The first-order valence-corrected chi connectivity index (χ1v) is 11.2. The number of nitrogens with one attached hydrogen (secondary N) is 2. The Morgan fingerprint density at radius 3 is 2.43 bits per heavy atom. The van der Waals surface area contributed by atoms with Crippen molar-refractivity contribution in [2.75, 3.05) is 16.6 Å². The summed E-state index contributed by atoms with van der Waals surface area (Å²) in [7, 11) is -3.93. The molecule has 0 saturated heterocycles. The predicted octanol–water partition coefficient (Wildman–Crippen LogP) is 5.04. The van der Waals surface area contributed by atoms with E-state index in [2.05, 4.69) is 26.0 Å². The van der Waals surface area contributed by atoms with Crippen LogP contribution < -0.4 is 14.8 Å². The summed E-state index contributed by atoms with van der Waals surface area (Å²) in [5, 5.41) is 2.47. The lowest BCUT2D eigenvalue weighted by atomic mass is 10.2. The van der Waals surface area contributed by atoms with Crippen molar-refractivity contribution < 1.29 is 22.3 Å². The van der Waals surface area contributed by atoms with Crippen LogP contribution in [0.25, 0.3) is 0 Å². The first kappa shape index (κ1) is 21.8. The zero-order valence-electron chi connectivity index (χ0n) is 15.9. The Labute approximate surface area is 182 Å². The molecule has 3 aromatic rings. The van der Waals surface area contributed by atoms with Gasteiger partial charge in [-0.15, -0.1) is 0 Å². The van der Waals surface area contributed by atoms with Crippen LogP contribution in [0.4, 0.5) is 15.8 Å². The third-order valence-corrected chi connectivity index (χ3v) is 5.91. The molecular weight excluding hydrogens is 475 g/mol. The van der Waals surface area contributed by atoms with Crippen LogP contribution in [0.3, 0.4) is 0 Å². The number of ether oxygens (including phenoxy) is 1. The second-order valence-electron chi connectivity index (χ2n) is 6.14. The highest BCUT2D eigenvalue weighted by molar-refractivity contribution is 9.10. The van der Waals surface area contributed by atoms with Crippen LogP contribution in [0.15, 0.2) is 76.1 Å². The van der Waals surface area contributed by atoms with Gasteiger partial charge >= 0.3 is 0 Å². The molecular formula is C21H18BrFN2O4S. The highest BCUT2D eigenvalue weighted by atomic mass is 79.9. The maximum atomic E-state index is 13.7. The van der Waals surface area contributed by atoms with E-state index in [1.54, 1.807) is 25.1 Å². The monoisotopic (exact) mass is 492 g/mol. The van der Waals surface area contributed by atoms with E-state index < -0.39 is 21.7 Å². The van der Waals surface area contributed by atoms with Gasteiger partial charge in [-0.1, -0.05) is 28.1 Å². The first-order valence-electron chi connectivity index (χ1n) is 8.91. The molecule has 0 radical (unpaired) electrons. The number of para-hydroxylation sites is 1. The number of anilines is 2. The standard InChI is InChI=1S/C21H18BrFN2O4S/c1-2-29-19-12-9-15(22)13-20(19)30(27,28)25-16-10-7-14(8-11-16)21(26)24-18-6-4-3-5-17(18)23/h3-13,25H,2H2,1H3,(H,24,26). The van der Waals surface area contributed by atoms with E-state index in [1.807, 2.05) is 0 Å². The van der Waals surface area contributed by atoms with Crippen molar-refractivity contribution in [2.45, 2.75) is 11.8 Å². The Hall–Kier alpha value is -2.91. The average Bonchev–Trinajstić information content (AvgIpc) is 2.71. The molecule has 0 fully saturated rings. The molecule has 1 amide bonds. The van der Waals surface area contributed by atoms with Crippen LogP contribution in [-0.4, -0.2) is 20.9 Å². The Balaban J connectivity index is 1.78. The van der Waals surface area contributed by atoms with Crippen LogP contribution in [0, 0.1) is 5.82 Å². The fourth-order valence-electron chi connectivity index (χ4n) is 2.62. The Morgan fingerprint density at radius 1 is 1.07 bits per heavy atom. The summed E-state index contributed by atoms with van der Waals surface area (Å²) in [6.45, 7) is 2.08. The zero-order chi connectivity index (χ0) is 21.7. The van der Waals surface area contributed by atoms with Crippen molar-refractivity contribution in [3.63, 3.8) is 0 Å². The number of sulfonamides is 1. The second-order valence-corrected chi connectivity index (χ2v) is 8.71. The van der Waals surface area contributed by atoms with E-state index in [0.717, 1.165) is 0 Å². The van der Waals surface area contributed by atoms with Crippen molar-refractivity contribution in [2.24, 2.45) is 0 Å². The van der Waals surface area contributed by atoms with Crippen LogP contribution in [0.1, 0.15) is 17.3 Å². The average molecular weight is 493 g/mol. The van der Waals surface area contributed by atoms with Crippen LogP contribution >= 0.6 is 15.9 Å². The first-order chi connectivity index (χ1) is 14.3. The van der Waals surface area contributed by atoms with Crippen molar-refractivity contribution in [1.29, 1.82) is 0 Å². The van der Waals surface area contributed by atoms with Crippen molar-refractivity contribution >= 4 is 43.2 Å². The number of halogens is 2. The van der Waals surface area contributed by atoms with E-state index in [-0.39, 0.29) is 27.6 Å². The highest BCUT2D eigenvalue weighted by Gasteiger charge is 2.20. The maximum Gasteiger partial charge on any atom is 0.265 e. The minimum atomic E-state index is -3.93. The molecule has 0 bridgehead atoms. The van der Waals surface area contributed by atoms with Crippen LogP contribution in [0.5, 0.6) is 5.75 Å². The minimum Gasteiger partial charge on any atom is -0.492 e. The fraction of sp³-hybridized carbons (Fsp3) is 0.0952. The Morgan fingerprint density at radius 2 is 1.77 bits per heavy atom. The molecule has 0 aromatic heterocycles. The summed E-state index contributed by atoms with van der Waals surface area (Å²) in [6.07, 6.45) is 0. The number of amides is 1. The van der Waals surface area contributed by atoms with Gasteiger partial charge in [0.1, 0.15) is 16.5 Å². The van der Waals surface area contributed by atoms with Gasteiger partial charge in [-0.05, 0) is 61.5 Å². The summed E-state index contributed by atoms with van der Waals surface area (Å²) in [4.78, 5) is 12.3. The molecule has 0 saturated carbocycles. The lowest BCUT2D eigenvalue weighted by Gasteiger charge is -2.13. The Kier molecular flexibility index (Phi) is 6.73. The van der Waals surface area contributed by atoms with Crippen LogP contribution in [-0.2, 0) is 10.0 Å². The molecule has 0 spiro atoms. The van der Waals surface area contributed by atoms with Gasteiger partial charge in [0, 0.05) is 15.7 Å². The molecule has 6 nitrogen and oxygen atoms in total. The number of hydrogen-bond donors (Lipinski definition) is 2. The van der Waals surface area contributed by atoms with E-state index in [4.69, 9.17) is 4.74 Å². The molecule has 0 unspecified atom stereocenters. The molecule has 2 N–H and O–H groups in total. The van der Waals surface area contributed by atoms with Gasteiger partial charge in [0.05, 0.1) is 12.3 Å². The number of rotatable bonds is 7. The topological polar surface area (TPSA) is 84.5 Å². The summed E-state index contributed by atoms with van der Waals surface area (Å²) >= 11 is 3.26. The third-order valence-electron chi connectivity index (χ3n) is 4.02. The molecule has 0 aliphatic rings. The minimum absolute atomic E-state index is 0.0138. The summed E-state index contributed by atoms with van der Waals surface area (Å²) in [5.74, 6) is -0.830. The van der Waals surface area contributed by atoms with Gasteiger partial charge in [-0.2, -0.15) is 0 Å². The zero-order valence-corrected chi connectivity index (χ0v) is 18.3. The summed E-state index contributed by atoms with van der Waals surface area (Å²) in [6, 6.07) is 16.3. The maximum absolute atomic E-state index is 13.7. The number of carbonyl (C=O) groups is 1. The van der Waals surface area contributed by atoms with Gasteiger partial charge in [0.2, 0.25) is 0 Å². The third kappa shape index (κ3) is 5.17. The van der Waals surface area contributed by atoms with Gasteiger partial charge in [-0.3, -0.25) is 9.52 Å². The van der Waals surface area contributed by atoms with E-state index >= 15 is 0 Å². The quantitative estimate of drug-likeness (QED) is 0.483. The highest BCUT2D eigenvalue weighted by Crippen LogP contribution is 2.29. The van der Waals surface area contributed by atoms with E-state index in [0.29, 0.717) is 11.1 Å². The Bertz CT molecular complexity index is 1170. The van der Waals surface area contributed by atoms with Crippen molar-refractivity contribution in [3.8, 4) is 5.75 Å². The predicted molar refractivity (Wildman–Crippen MR) is 117 cm³/mol. The van der Waals surface area contributed by atoms with Crippen molar-refractivity contribution in [3.05, 3.63) is 82.6 Å². The fourth-order valence-corrected chi connectivity index (χ4v) is 4.37.